The molecule has 0 aromatic heterocycles. The largest absolute Gasteiger partial charge is 0.369 e. The van der Waals surface area contributed by atoms with Crippen LogP contribution in [0.25, 0.3) is 0 Å². The van der Waals surface area contributed by atoms with E-state index < -0.39 is 0 Å². The molecule has 0 aliphatic heterocycles. The number of nitrogens with zero attached hydrogens (tertiary/aromatic N) is 1. The highest BCUT2D eigenvalue weighted by Crippen LogP contribution is 2.15. The van der Waals surface area contributed by atoms with Crippen molar-refractivity contribution >= 4 is 29.2 Å². The summed E-state index contributed by atoms with van der Waals surface area (Å²) in [6.45, 7) is 0. The third-order valence-corrected chi connectivity index (χ3v) is 1.81. The van der Waals surface area contributed by atoms with Crippen molar-refractivity contribution in [1.82, 2.24) is 5.43 Å². The van der Waals surface area contributed by atoms with Gasteiger partial charge in [0.15, 0.2) is 0 Å². The summed E-state index contributed by atoms with van der Waals surface area (Å²) in [5.41, 5.74) is 13.5. The van der Waals surface area contributed by atoms with E-state index in [1.165, 1.54) is 5.01 Å². The molecule has 0 heterocycles. The number of guanidine groups is 2. The average molecular weight is 227 g/mol. The van der Waals surface area contributed by atoms with E-state index in [1.807, 2.05) is 0 Å². The van der Waals surface area contributed by atoms with Crippen molar-refractivity contribution in [2.75, 3.05) is 5.01 Å². The van der Waals surface area contributed by atoms with Crippen LogP contribution in [0.3, 0.4) is 0 Å². The zero-order valence-electron chi connectivity index (χ0n) is 7.79. The van der Waals surface area contributed by atoms with Crippen LogP contribution in [0.15, 0.2) is 24.3 Å². The summed E-state index contributed by atoms with van der Waals surface area (Å²) in [6, 6.07) is 6.60. The number of nitrogens with one attached hydrogen (secondary N) is 3. The maximum atomic E-state index is 7.29. The van der Waals surface area contributed by atoms with Gasteiger partial charge in [0.25, 0.3) is 0 Å². The van der Waals surface area contributed by atoms with Crippen LogP contribution >= 0.6 is 11.6 Å². The number of halogens is 1. The van der Waals surface area contributed by atoms with Gasteiger partial charge in [-0.15, -0.1) is 0 Å². The Morgan fingerprint density at radius 2 is 1.73 bits per heavy atom. The monoisotopic (exact) mass is 226 g/mol. The third kappa shape index (κ3) is 3.03. The first kappa shape index (κ1) is 11.1. The van der Waals surface area contributed by atoms with E-state index in [0.717, 1.165) is 0 Å². The van der Waals surface area contributed by atoms with Gasteiger partial charge in [0.1, 0.15) is 0 Å². The normalized spacial score (nSPS) is 9.40. The third-order valence-electron chi connectivity index (χ3n) is 1.56. The van der Waals surface area contributed by atoms with Crippen LogP contribution in [-0.4, -0.2) is 11.9 Å². The number of hydrogen-bond acceptors (Lipinski definition) is 2. The molecule has 0 radical (unpaired) electrons. The molecular weight excluding hydrogens is 216 g/mol. The molecule has 6 nitrogen and oxygen atoms in total. The summed E-state index contributed by atoms with van der Waals surface area (Å²) in [4.78, 5) is 0. The lowest BCUT2D eigenvalue weighted by Gasteiger charge is -2.22. The second-order valence-electron chi connectivity index (χ2n) is 2.72. The van der Waals surface area contributed by atoms with Gasteiger partial charge in [0, 0.05) is 5.02 Å². The molecule has 1 rings (SSSR count). The molecule has 0 saturated heterocycles. The zero-order chi connectivity index (χ0) is 11.4. The first-order chi connectivity index (χ1) is 7.00. The van der Waals surface area contributed by atoms with E-state index in [9.17, 15) is 0 Å². The summed E-state index contributed by atoms with van der Waals surface area (Å²) >= 11 is 5.71. The highest BCUT2D eigenvalue weighted by atomic mass is 35.5. The summed E-state index contributed by atoms with van der Waals surface area (Å²) < 4.78 is 0. The summed E-state index contributed by atoms with van der Waals surface area (Å²) in [5, 5.41) is 16.1. The van der Waals surface area contributed by atoms with Crippen LogP contribution in [0.1, 0.15) is 0 Å². The summed E-state index contributed by atoms with van der Waals surface area (Å²) in [5.74, 6) is -0.576. The quantitative estimate of drug-likeness (QED) is 0.271. The standard InChI is InChI=1S/C8H11ClN6/c9-5-1-3-6(4-2-5)15(8(12)13)14-7(10)11/h1-4H,(H3,12,13)(H4,10,11,14). The molecule has 0 amide bonds. The SMILES string of the molecule is N=C(N)NN(C(=N)N)c1ccc(Cl)cc1. The Labute approximate surface area is 91.8 Å². The van der Waals surface area contributed by atoms with E-state index >= 15 is 0 Å². The second-order valence-corrected chi connectivity index (χ2v) is 3.16. The molecule has 0 atom stereocenters. The number of hydrazine groups is 1. The van der Waals surface area contributed by atoms with Gasteiger partial charge in [-0.2, -0.15) is 0 Å². The van der Waals surface area contributed by atoms with Crippen LogP contribution in [0.4, 0.5) is 5.69 Å². The van der Waals surface area contributed by atoms with E-state index in [1.54, 1.807) is 24.3 Å². The molecule has 7 heteroatoms. The molecule has 80 valence electrons. The summed E-state index contributed by atoms with van der Waals surface area (Å²) in [7, 11) is 0. The van der Waals surface area contributed by atoms with Crippen molar-refractivity contribution in [1.29, 1.82) is 10.8 Å². The lowest BCUT2D eigenvalue weighted by molar-refractivity contribution is 0.924. The first-order valence-electron chi connectivity index (χ1n) is 4.01. The molecule has 15 heavy (non-hydrogen) atoms. The predicted molar refractivity (Wildman–Crippen MR) is 60.9 cm³/mol. The van der Waals surface area contributed by atoms with Gasteiger partial charge in [-0.25, -0.2) is 5.01 Å². The predicted octanol–water partition coefficient (Wildman–Crippen LogP) is 0.438. The van der Waals surface area contributed by atoms with Gasteiger partial charge >= 0.3 is 0 Å². The van der Waals surface area contributed by atoms with Gasteiger partial charge in [-0.1, -0.05) is 11.6 Å². The topological polar surface area (TPSA) is 115 Å². The van der Waals surface area contributed by atoms with E-state index in [2.05, 4.69) is 5.43 Å². The number of rotatable bonds is 1. The number of benzene rings is 1. The molecule has 0 saturated carbocycles. The van der Waals surface area contributed by atoms with Crippen LogP contribution in [0, 0.1) is 10.8 Å². The van der Waals surface area contributed by atoms with Crippen LogP contribution in [0.5, 0.6) is 0 Å². The van der Waals surface area contributed by atoms with Gasteiger partial charge in [0.2, 0.25) is 11.9 Å². The Balaban J connectivity index is 2.94. The molecule has 0 unspecified atom stereocenters. The van der Waals surface area contributed by atoms with Crippen molar-refractivity contribution < 1.29 is 0 Å². The number of nitrogens with two attached hydrogens (primary N) is 2. The van der Waals surface area contributed by atoms with Gasteiger partial charge in [-0.05, 0) is 24.3 Å². The average Bonchev–Trinajstić information content (AvgIpc) is 2.15. The molecule has 0 aliphatic rings. The first-order valence-corrected chi connectivity index (χ1v) is 4.39. The van der Waals surface area contributed by atoms with E-state index in [4.69, 9.17) is 33.9 Å². The molecule has 0 fully saturated rings. The fourth-order valence-electron chi connectivity index (χ4n) is 0.974. The lowest BCUT2D eigenvalue weighted by atomic mass is 10.3. The van der Waals surface area contributed by atoms with Crippen molar-refractivity contribution in [2.24, 2.45) is 11.5 Å². The second kappa shape index (κ2) is 4.52. The van der Waals surface area contributed by atoms with Gasteiger partial charge < -0.3 is 11.5 Å². The van der Waals surface area contributed by atoms with Crippen molar-refractivity contribution in [3.8, 4) is 0 Å². The van der Waals surface area contributed by atoms with Crippen molar-refractivity contribution in [3.63, 3.8) is 0 Å². The molecular formula is C8H11ClN6. The molecule has 0 aliphatic carbocycles. The molecule has 0 bridgehead atoms. The maximum Gasteiger partial charge on any atom is 0.212 e. The Morgan fingerprint density at radius 1 is 1.20 bits per heavy atom. The van der Waals surface area contributed by atoms with Gasteiger partial charge in [0.05, 0.1) is 5.69 Å². The number of anilines is 1. The molecule has 7 N–H and O–H groups in total. The molecule has 1 aromatic carbocycles. The zero-order valence-corrected chi connectivity index (χ0v) is 8.55. The van der Waals surface area contributed by atoms with Crippen molar-refractivity contribution in [3.05, 3.63) is 29.3 Å². The minimum atomic E-state index is -0.305. The van der Waals surface area contributed by atoms with E-state index in [0.29, 0.717) is 10.7 Å². The smallest absolute Gasteiger partial charge is 0.212 e. The highest BCUT2D eigenvalue weighted by Gasteiger charge is 2.09. The highest BCUT2D eigenvalue weighted by molar-refractivity contribution is 6.30. The Kier molecular flexibility index (Phi) is 3.35. The summed E-state index contributed by atoms with van der Waals surface area (Å²) in [6.07, 6.45) is 0. The van der Waals surface area contributed by atoms with Gasteiger partial charge in [-0.3, -0.25) is 16.2 Å². The fourth-order valence-corrected chi connectivity index (χ4v) is 1.10. The fraction of sp³-hybridized carbons (Fsp3) is 0. The molecule has 0 spiro atoms. The Hall–Kier alpha value is -1.95. The van der Waals surface area contributed by atoms with Crippen molar-refractivity contribution in [2.45, 2.75) is 0 Å². The maximum absolute atomic E-state index is 7.29. The lowest BCUT2D eigenvalue weighted by Crippen LogP contribution is -2.51. The van der Waals surface area contributed by atoms with E-state index in [-0.39, 0.29) is 11.9 Å². The van der Waals surface area contributed by atoms with Crippen LogP contribution in [-0.2, 0) is 0 Å². The minimum absolute atomic E-state index is 0.271. The van der Waals surface area contributed by atoms with Crippen LogP contribution in [0.2, 0.25) is 5.02 Å². The Morgan fingerprint density at radius 3 is 2.13 bits per heavy atom. The minimum Gasteiger partial charge on any atom is -0.369 e. The molecule has 1 aromatic rings. The number of hydrogen-bond donors (Lipinski definition) is 5. The Bertz CT molecular complexity index is 373. The van der Waals surface area contributed by atoms with Crippen LogP contribution < -0.4 is 21.9 Å².